The first-order valence-corrected chi connectivity index (χ1v) is 6.72. The number of hydrogen-bond acceptors (Lipinski definition) is 3. The maximum Gasteiger partial charge on any atom is 0.257 e. The Labute approximate surface area is 108 Å². The molecule has 1 saturated heterocycles. The fourth-order valence-electron chi connectivity index (χ4n) is 2.68. The number of nitrogens with zero attached hydrogens (tertiary/aromatic N) is 1. The van der Waals surface area contributed by atoms with Crippen LogP contribution in [0.1, 0.15) is 41.6 Å². The van der Waals surface area contributed by atoms with Crippen molar-refractivity contribution < 1.29 is 9.21 Å². The fraction of sp³-hybridized carbons (Fsp3) is 0.643. The minimum atomic E-state index is 0.110. The summed E-state index contributed by atoms with van der Waals surface area (Å²) in [6, 6.07) is 2.21. The summed E-state index contributed by atoms with van der Waals surface area (Å²) in [6.45, 7) is 8.53. The quantitative estimate of drug-likeness (QED) is 0.893. The van der Waals surface area contributed by atoms with Gasteiger partial charge in [0.25, 0.3) is 5.91 Å². The Morgan fingerprint density at radius 2 is 2.11 bits per heavy atom. The topological polar surface area (TPSA) is 45.5 Å². The smallest absolute Gasteiger partial charge is 0.257 e. The maximum absolute atomic E-state index is 12.6. The summed E-state index contributed by atoms with van der Waals surface area (Å²) in [5.41, 5.74) is 0.716. The number of furan rings is 1. The molecule has 0 unspecified atom stereocenters. The largest absolute Gasteiger partial charge is 0.466 e. The normalized spacial score (nSPS) is 16.8. The highest BCUT2D eigenvalue weighted by atomic mass is 16.3. The average Bonchev–Trinajstić information content (AvgIpc) is 2.70. The van der Waals surface area contributed by atoms with Gasteiger partial charge in [-0.15, -0.1) is 0 Å². The zero-order chi connectivity index (χ0) is 13.1. The summed E-state index contributed by atoms with van der Waals surface area (Å²) < 4.78 is 5.46. The summed E-state index contributed by atoms with van der Waals surface area (Å²) in [6.07, 6.45) is 2.07. The molecular weight excluding hydrogens is 228 g/mol. The SMILES string of the molecule is CCN(C(=O)c1cc(C)oc1C)C1CCNCC1. The molecule has 0 aliphatic carbocycles. The highest BCUT2D eigenvalue weighted by Gasteiger charge is 2.26. The molecule has 0 radical (unpaired) electrons. The molecule has 1 aromatic rings. The third-order valence-corrected chi connectivity index (χ3v) is 3.62. The molecule has 2 heterocycles. The lowest BCUT2D eigenvalue weighted by atomic mass is 10.0. The highest BCUT2D eigenvalue weighted by molar-refractivity contribution is 5.95. The molecule has 1 aromatic heterocycles. The zero-order valence-corrected chi connectivity index (χ0v) is 11.5. The van der Waals surface area contributed by atoms with Crippen LogP contribution in [0.5, 0.6) is 0 Å². The number of hydrogen-bond donors (Lipinski definition) is 1. The highest BCUT2D eigenvalue weighted by Crippen LogP contribution is 2.20. The van der Waals surface area contributed by atoms with Crippen LogP contribution < -0.4 is 5.32 Å². The Morgan fingerprint density at radius 1 is 1.44 bits per heavy atom. The lowest BCUT2D eigenvalue weighted by Crippen LogP contribution is -2.46. The second kappa shape index (κ2) is 5.57. The minimum Gasteiger partial charge on any atom is -0.466 e. The molecule has 0 spiro atoms. The van der Waals surface area contributed by atoms with Gasteiger partial charge in [0.2, 0.25) is 0 Å². The Bertz CT molecular complexity index is 419. The van der Waals surface area contributed by atoms with E-state index in [9.17, 15) is 4.79 Å². The van der Waals surface area contributed by atoms with Gasteiger partial charge in [0, 0.05) is 12.6 Å². The molecule has 4 nitrogen and oxygen atoms in total. The van der Waals surface area contributed by atoms with Gasteiger partial charge < -0.3 is 14.6 Å². The third-order valence-electron chi connectivity index (χ3n) is 3.62. The van der Waals surface area contributed by atoms with E-state index < -0.39 is 0 Å². The van der Waals surface area contributed by atoms with Gasteiger partial charge in [-0.3, -0.25) is 4.79 Å². The van der Waals surface area contributed by atoms with E-state index in [2.05, 4.69) is 5.32 Å². The standard InChI is InChI=1S/C14H22N2O2/c1-4-16(12-5-7-15-8-6-12)14(17)13-9-10(2)18-11(13)3/h9,12,15H,4-8H2,1-3H3. The van der Waals surface area contributed by atoms with Crippen molar-refractivity contribution in [2.45, 2.75) is 39.7 Å². The van der Waals surface area contributed by atoms with Crippen LogP contribution in [0.3, 0.4) is 0 Å². The van der Waals surface area contributed by atoms with Crippen molar-refractivity contribution >= 4 is 5.91 Å². The van der Waals surface area contributed by atoms with E-state index in [4.69, 9.17) is 4.42 Å². The van der Waals surface area contributed by atoms with E-state index >= 15 is 0 Å². The fourth-order valence-corrected chi connectivity index (χ4v) is 2.68. The molecule has 1 fully saturated rings. The molecule has 0 aromatic carbocycles. The first-order chi connectivity index (χ1) is 8.63. The monoisotopic (exact) mass is 250 g/mol. The summed E-state index contributed by atoms with van der Waals surface area (Å²) in [5, 5.41) is 3.33. The van der Waals surface area contributed by atoms with E-state index in [-0.39, 0.29) is 5.91 Å². The van der Waals surface area contributed by atoms with Gasteiger partial charge in [-0.25, -0.2) is 0 Å². The molecule has 0 atom stereocenters. The van der Waals surface area contributed by atoms with Crippen LogP contribution in [0, 0.1) is 13.8 Å². The molecule has 2 rings (SSSR count). The Kier molecular flexibility index (Phi) is 4.07. The second-order valence-corrected chi connectivity index (χ2v) is 4.90. The van der Waals surface area contributed by atoms with Crippen molar-refractivity contribution in [2.24, 2.45) is 0 Å². The summed E-state index contributed by atoms with van der Waals surface area (Å²) >= 11 is 0. The Hall–Kier alpha value is -1.29. The van der Waals surface area contributed by atoms with E-state index in [0.717, 1.165) is 44.0 Å². The van der Waals surface area contributed by atoms with Crippen LogP contribution in [0.25, 0.3) is 0 Å². The number of nitrogens with one attached hydrogen (secondary N) is 1. The predicted molar refractivity (Wildman–Crippen MR) is 70.8 cm³/mol. The van der Waals surface area contributed by atoms with Crippen molar-refractivity contribution in [1.29, 1.82) is 0 Å². The minimum absolute atomic E-state index is 0.110. The van der Waals surface area contributed by atoms with E-state index in [1.54, 1.807) is 0 Å². The molecule has 1 aliphatic heterocycles. The molecule has 0 bridgehead atoms. The van der Waals surface area contributed by atoms with Gasteiger partial charge in [-0.05, 0) is 52.8 Å². The maximum atomic E-state index is 12.6. The van der Waals surface area contributed by atoms with Gasteiger partial charge in [-0.1, -0.05) is 0 Å². The lowest BCUT2D eigenvalue weighted by molar-refractivity contribution is 0.0654. The van der Waals surface area contributed by atoms with Crippen LogP contribution in [-0.2, 0) is 0 Å². The zero-order valence-electron chi connectivity index (χ0n) is 11.5. The van der Waals surface area contributed by atoms with Crippen LogP contribution in [0.4, 0.5) is 0 Å². The van der Waals surface area contributed by atoms with E-state index in [1.807, 2.05) is 31.7 Å². The number of aryl methyl sites for hydroxylation is 2. The lowest BCUT2D eigenvalue weighted by Gasteiger charge is -2.33. The van der Waals surface area contributed by atoms with Crippen molar-refractivity contribution in [3.63, 3.8) is 0 Å². The molecule has 18 heavy (non-hydrogen) atoms. The van der Waals surface area contributed by atoms with Crippen molar-refractivity contribution in [2.75, 3.05) is 19.6 Å². The molecule has 1 amide bonds. The average molecular weight is 250 g/mol. The Morgan fingerprint density at radius 3 is 2.61 bits per heavy atom. The van der Waals surface area contributed by atoms with Gasteiger partial charge in [0.15, 0.2) is 0 Å². The summed E-state index contributed by atoms with van der Waals surface area (Å²) in [5.74, 6) is 1.64. The van der Waals surface area contributed by atoms with Crippen LogP contribution >= 0.6 is 0 Å². The van der Waals surface area contributed by atoms with Gasteiger partial charge in [0.05, 0.1) is 5.56 Å². The van der Waals surface area contributed by atoms with Crippen molar-refractivity contribution in [3.05, 3.63) is 23.2 Å². The first-order valence-electron chi connectivity index (χ1n) is 6.72. The van der Waals surface area contributed by atoms with Crippen molar-refractivity contribution in [1.82, 2.24) is 10.2 Å². The van der Waals surface area contributed by atoms with Crippen molar-refractivity contribution in [3.8, 4) is 0 Å². The summed E-state index contributed by atoms with van der Waals surface area (Å²) in [4.78, 5) is 14.5. The number of piperidine rings is 1. The van der Waals surface area contributed by atoms with Crippen LogP contribution in [0.2, 0.25) is 0 Å². The molecule has 1 aliphatic rings. The predicted octanol–water partition coefficient (Wildman–Crippen LogP) is 2.11. The molecule has 0 saturated carbocycles. The third kappa shape index (κ3) is 2.58. The van der Waals surface area contributed by atoms with Gasteiger partial charge in [-0.2, -0.15) is 0 Å². The van der Waals surface area contributed by atoms with E-state index in [1.165, 1.54) is 0 Å². The van der Waals surface area contributed by atoms with Gasteiger partial charge >= 0.3 is 0 Å². The number of carbonyl (C=O) groups is 1. The molecule has 1 N–H and O–H groups in total. The van der Waals surface area contributed by atoms with Crippen LogP contribution in [0.15, 0.2) is 10.5 Å². The first kappa shape index (κ1) is 13.1. The van der Waals surface area contributed by atoms with E-state index in [0.29, 0.717) is 11.6 Å². The van der Waals surface area contributed by atoms with Gasteiger partial charge in [0.1, 0.15) is 11.5 Å². The molecule has 4 heteroatoms. The number of amides is 1. The number of rotatable bonds is 3. The molecular formula is C14H22N2O2. The summed E-state index contributed by atoms with van der Waals surface area (Å²) in [7, 11) is 0. The second-order valence-electron chi connectivity index (χ2n) is 4.90. The number of carbonyl (C=O) groups excluding carboxylic acids is 1. The van der Waals surface area contributed by atoms with Crippen LogP contribution in [-0.4, -0.2) is 36.5 Å². The molecule has 100 valence electrons. The Balaban J connectivity index is 2.16.